The average Bonchev–Trinajstić information content (AvgIpc) is 2.59. The van der Waals surface area contributed by atoms with Crippen LogP contribution < -0.4 is 15.4 Å². The van der Waals surface area contributed by atoms with Gasteiger partial charge in [0.05, 0.1) is 0 Å². The van der Waals surface area contributed by atoms with Crippen LogP contribution in [-0.4, -0.2) is 39.4 Å². The molecule has 0 saturated heterocycles. The third kappa shape index (κ3) is 5.02. The molecule has 1 aromatic heterocycles. The zero-order valence-corrected chi connectivity index (χ0v) is 15.3. The zero-order valence-electron chi connectivity index (χ0n) is 12.9. The van der Waals surface area contributed by atoms with Gasteiger partial charge in [-0.25, -0.2) is 18.1 Å². The number of pyridine rings is 1. The minimum atomic E-state index is -3.49. The van der Waals surface area contributed by atoms with Crippen molar-refractivity contribution in [2.24, 2.45) is 0 Å². The molecule has 9 heteroatoms. The minimum Gasteiger partial charge on any atom is -0.368 e. The lowest BCUT2D eigenvalue weighted by Crippen LogP contribution is -2.28. The van der Waals surface area contributed by atoms with Crippen LogP contribution in [0.15, 0.2) is 52.0 Å². The third-order valence-electron chi connectivity index (χ3n) is 3.14. The number of benzene rings is 1. The number of carbonyl (C=O) groups is 1. The number of halogens is 1. The van der Waals surface area contributed by atoms with Gasteiger partial charge in [0.15, 0.2) is 0 Å². The first-order valence-electron chi connectivity index (χ1n) is 7.09. The highest BCUT2D eigenvalue weighted by atomic mass is 79.9. The Morgan fingerprint density at radius 2 is 1.83 bits per heavy atom. The molecular weight excluding hydrogens is 396 g/mol. The number of nitrogens with zero attached hydrogens (tertiary/aromatic N) is 1. The maximum absolute atomic E-state index is 11.9. The molecule has 0 unspecified atom stereocenters. The summed E-state index contributed by atoms with van der Waals surface area (Å²) in [5.74, 6) is 0.371. The molecule has 0 radical (unpaired) electrons. The van der Waals surface area contributed by atoms with Crippen molar-refractivity contribution in [1.82, 2.24) is 15.0 Å². The first kappa shape index (κ1) is 18.4. The molecule has 0 spiro atoms. The van der Waals surface area contributed by atoms with Crippen LogP contribution in [0, 0.1) is 0 Å². The van der Waals surface area contributed by atoms with Gasteiger partial charge in [-0.15, -0.1) is 0 Å². The van der Waals surface area contributed by atoms with Crippen molar-refractivity contribution in [3.05, 3.63) is 52.6 Å². The van der Waals surface area contributed by atoms with Crippen LogP contribution in [0.1, 0.15) is 10.4 Å². The average molecular weight is 413 g/mol. The summed E-state index contributed by atoms with van der Waals surface area (Å²) in [6.07, 6.45) is 1.27. The summed E-state index contributed by atoms with van der Waals surface area (Å²) in [7, 11) is -2.14. The van der Waals surface area contributed by atoms with E-state index in [-0.39, 0.29) is 10.8 Å². The third-order valence-corrected chi connectivity index (χ3v) is 5.07. The summed E-state index contributed by atoms with van der Waals surface area (Å²) in [5.41, 5.74) is 0.581. The predicted octanol–water partition coefficient (Wildman–Crippen LogP) is 1.59. The first-order chi connectivity index (χ1) is 11.4. The number of hydrogen-bond donors (Lipinski definition) is 3. The number of sulfonamides is 1. The highest BCUT2D eigenvalue weighted by Gasteiger charge is 2.11. The maximum Gasteiger partial charge on any atom is 0.251 e. The minimum absolute atomic E-state index is 0.0964. The lowest BCUT2D eigenvalue weighted by atomic mass is 10.2. The topological polar surface area (TPSA) is 100 Å². The van der Waals surface area contributed by atoms with Gasteiger partial charge in [-0.3, -0.25) is 4.79 Å². The molecule has 0 atom stereocenters. The molecule has 128 valence electrons. The van der Waals surface area contributed by atoms with E-state index in [4.69, 9.17) is 0 Å². The molecule has 24 heavy (non-hydrogen) atoms. The van der Waals surface area contributed by atoms with Gasteiger partial charge in [-0.1, -0.05) is 15.9 Å². The van der Waals surface area contributed by atoms with Gasteiger partial charge < -0.3 is 10.6 Å². The fourth-order valence-corrected chi connectivity index (χ4v) is 2.77. The summed E-state index contributed by atoms with van der Waals surface area (Å²) in [6.45, 7) is 0.876. The van der Waals surface area contributed by atoms with E-state index in [9.17, 15) is 13.2 Å². The number of anilines is 1. The molecule has 0 saturated carbocycles. The van der Waals surface area contributed by atoms with Crippen LogP contribution in [-0.2, 0) is 10.0 Å². The Morgan fingerprint density at radius 3 is 2.42 bits per heavy atom. The van der Waals surface area contributed by atoms with Gasteiger partial charge in [0.25, 0.3) is 5.91 Å². The van der Waals surface area contributed by atoms with E-state index in [0.29, 0.717) is 24.5 Å². The molecule has 0 aliphatic heterocycles. The van der Waals surface area contributed by atoms with Crippen molar-refractivity contribution < 1.29 is 13.2 Å². The molecule has 2 aromatic rings. The maximum atomic E-state index is 11.9. The Hall–Kier alpha value is -1.97. The molecular formula is C15H17BrN4O3S. The summed E-state index contributed by atoms with van der Waals surface area (Å²) in [4.78, 5) is 16.0. The first-order valence-corrected chi connectivity index (χ1v) is 9.37. The van der Waals surface area contributed by atoms with E-state index in [1.165, 1.54) is 19.3 Å². The second kappa shape index (κ2) is 8.22. The quantitative estimate of drug-likeness (QED) is 0.599. The van der Waals surface area contributed by atoms with Crippen molar-refractivity contribution in [3.8, 4) is 0 Å². The number of amides is 1. The van der Waals surface area contributed by atoms with Crippen LogP contribution in [0.2, 0.25) is 0 Å². The summed E-state index contributed by atoms with van der Waals surface area (Å²) >= 11 is 3.32. The molecule has 0 aliphatic carbocycles. The highest BCUT2D eigenvalue weighted by molar-refractivity contribution is 9.10. The monoisotopic (exact) mass is 412 g/mol. The van der Waals surface area contributed by atoms with Crippen LogP contribution in [0.5, 0.6) is 0 Å². The smallest absolute Gasteiger partial charge is 0.251 e. The number of aromatic nitrogens is 1. The van der Waals surface area contributed by atoms with E-state index >= 15 is 0 Å². The molecule has 2 rings (SSSR count). The normalized spacial score (nSPS) is 11.1. The number of carbonyl (C=O) groups excluding carboxylic acids is 1. The molecule has 0 bridgehead atoms. The highest BCUT2D eigenvalue weighted by Crippen LogP contribution is 2.11. The molecule has 1 heterocycles. The lowest BCUT2D eigenvalue weighted by molar-refractivity contribution is 0.0955. The molecule has 1 amide bonds. The van der Waals surface area contributed by atoms with Crippen LogP contribution >= 0.6 is 15.9 Å². The molecule has 0 fully saturated rings. The Bertz CT molecular complexity index is 792. The Morgan fingerprint density at radius 1 is 1.12 bits per heavy atom. The van der Waals surface area contributed by atoms with E-state index in [2.05, 4.69) is 36.3 Å². The Balaban J connectivity index is 1.80. The van der Waals surface area contributed by atoms with Crippen molar-refractivity contribution in [2.45, 2.75) is 4.90 Å². The number of rotatable bonds is 7. The molecule has 0 aliphatic rings. The van der Waals surface area contributed by atoms with Crippen molar-refractivity contribution in [1.29, 1.82) is 0 Å². The standard InChI is InChI=1S/C15H17BrN4O3S/c1-17-24(22,23)13-6-7-14(20-10-13)18-8-9-19-15(21)11-2-4-12(16)5-3-11/h2-7,10,17H,8-9H2,1H3,(H,18,20)(H,19,21). The Labute approximate surface area is 149 Å². The van der Waals surface area contributed by atoms with Crippen LogP contribution in [0.4, 0.5) is 5.82 Å². The summed E-state index contributed by atoms with van der Waals surface area (Å²) < 4.78 is 26.3. The van der Waals surface area contributed by atoms with Crippen molar-refractivity contribution >= 4 is 37.7 Å². The number of hydrogen-bond acceptors (Lipinski definition) is 5. The van der Waals surface area contributed by atoms with Gasteiger partial charge in [0.2, 0.25) is 10.0 Å². The van der Waals surface area contributed by atoms with Crippen molar-refractivity contribution in [3.63, 3.8) is 0 Å². The van der Waals surface area contributed by atoms with E-state index in [1.807, 2.05) is 0 Å². The summed E-state index contributed by atoms with van der Waals surface area (Å²) in [5, 5.41) is 5.79. The van der Waals surface area contributed by atoms with E-state index in [1.54, 1.807) is 30.3 Å². The fraction of sp³-hybridized carbons (Fsp3) is 0.200. The van der Waals surface area contributed by atoms with Crippen LogP contribution in [0.3, 0.4) is 0 Å². The van der Waals surface area contributed by atoms with Gasteiger partial charge in [0.1, 0.15) is 10.7 Å². The fourth-order valence-electron chi connectivity index (χ4n) is 1.83. The molecule has 3 N–H and O–H groups in total. The van der Waals surface area contributed by atoms with E-state index < -0.39 is 10.0 Å². The van der Waals surface area contributed by atoms with Crippen molar-refractivity contribution in [2.75, 3.05) is 25.5 Å². The second-order valence-electron chi connectivity index (χ2n) is 4.78. The predicted molar refractivity (Wildman–Crippen MR) is 95.4 cm³/mol. The van der Waals surface area contributed by atoms with Gasteiger partial charge in [-0.05, 0) is 43.4 Å². The van der Waals surface area contributed by atoms with Gasteiger partial charge in [-0.2, -0.15) is 0 Å². The second-order valence-corrected chi connectivity index (χ2v) is 7.58. The molecule has 1 aromatic carbocycles. The summed E-state index contributed by atoms with van der Waals surface area (Å²) in [6, 6.07) is 10.1. The molecule has 7 nitrogen and oxygen atoms in total. The van der Waals surface area contributed by atoms with Gasteiger partial charge >= 0.3 is 0 Å². The van der Waals surface area contributed by atoms with E-state index in [0.717, 1.165) is 4.47 Å². The lowest BCUT2D eigenvalue weighted by Gasteiger charge is -2.08. The van der Waals surface area contributed by atoms with Gasteiger partial charge in [0, 0.05) is 29.3 Å². The zero-order chi connectivity index (χ0) is 17.6. The SMILES string of the molecule is CNS(=O)(=O)c1ccc(NCCNC(=O)c2ccc(Br)cc2)nc1. The number of nitrogens with one attached hydrogen (secondary N) is 3. The largest absolute Gasteiger partial charge is 0.368 e. The Kier molecular flexibility index (Phi) is 6.29. The van der Waals surface area contributed by atoms with Crippen LogP contribution in [0.25, 0.3) is 0 Å².